The molecule has 1 atom stereocenters. The monoisotopic (exact) mass is 270 g/mol. The molecule has 106 valence electrons. The smallest absolute Gasteiger partial charge is 0.325 e. The molecule has 1 heterocycles. The molecular weight excluding hydrogens is 252 g/mol. The summed E-state index contributed by atoms with van der Waals surface area (Å²) in [4.78, 5) is 22.4. The zero-order valence-corrected chi connectivity index (χ0v) is 11.2. The lowest BCUT2D eigenvalue weighted by Gasteiger charge is -2.24. The van der Waals surface area contributed by atoms with Crippen molar-refractivity contribution in [2.75, 3.05) is 7.11 Å². The number of nitrogens with zero attached hydrogens (tertiary/aromatic N) is 3. The van der Waals surface area contributed by atoms with Crippen molar-refractivity contribution in [1.29, 1.82) is 0 Å². The molecule has 1 unspecified atom stereocenters. The number of hydrogen-bond acceptors (Lipinski definition) is 5. The summed E-state index contributed by atoms with van der Waals surface area (Å²) in [6.45, 7) is 3.47. The SMILES string of the molecule is CCC(C)(OC)C(=O)NCc1cn(CC(=O)O)nn1. The maximum Gasteiger partial charge on any atom is 0.325 e. The first kappa shape index (κ1) is 15.1. The van der Waals surface area contributed by atoms with Gasteiger partial charge in [-0.3, -0.25) is 9.59 Å². The summed E-state index contributed by atoms with van der Waals surface area (Å²) in [5.41, 5.74) is -0.388. The van der Waals surface area contributed by atoms with Gasteiger partial charge in [0.15, 0.2) is 0 Å². The summed E-state index contributed by atoms with van der Waals surface area (Å²) in [6.07, 6.45) is 2.02. The van der Waals surface area contributed by atoms with Crippen molar-refractivity contribution < 1.29 is 19.4 Å². The van der Waals surface area contributed by atoms with Crippen LogP contribution in [0.2, 0.25) is 0 Å². The van der Waals surface area contributed by atoms with E-state index in [2.05, 4.69) is 15.6 Å². The molecule has 0 aliphatic rings. The zero-order valence-electron chi connectivity index (χ0n) is 11.2. The number of carboxylic acid groups (broad SMARTS) is 1. The Morgan fingerprint density at radius 1 is 1.58 bits per heavy atom. The summed E-state index contributed by atoms with van der Waals surface area (Å²) in [7, 11) is 1.48. The van der Waals surface area contributed by atoms with Crippen molar-refractivity contribution >= 4 is 11.9 Å². The second kappa shape index (κ2) is 6.28. The number of aliphatic carboxylic acids is 1. The van der Waals surface area contributed by atoms with Crippen LogP contribution in [-0.4, -0.2) is 44.7 Å². The molecule has 0 aliphatic heterocycles. The van der Waals surface area contributed by atoms with Gasteiger partial charge in [-0.2, -0.15) is 0 Å². The summed E-state index contributed by atoms with van der Waals surface area (Å²) < 4.78 is 6.36. The van der Waals surface area contributed by atoms with Gasteiger partial charge in [-0.05, 0) is 13.3 Å². The Balaban J connectivity index is 2.55. The lowest BCUT2D eigenvalue weighted by Crippen LogP contribution is -2.45. The van der Waals surface area contributed by atoms with Crippen LogP contribution in [-0.2, 0) is 27.4 Å². The van der Waals surface area contributed by atoms with E-state index < -0.39 is 11.6 Å². The molecule has 0 aliphatic carbocycles. The molecule has 8 heteroatoms. The number of nitrogens with one attached hydrogen (secondary N) is 1. The van der Waals surface area contributed by atoms with Gasteiger partial charge < -0.3 is 15.2 Å². The molecule has 1 aromatic rings. The number of aromatic nitrogens is 3. The van der Waals surface area contributed by atoms with Crippen LogP contribution in [0.25, 0.3) is 0 Å². The third kappa shape index (κ3) is 4.02. The third-order valence-corrected chi connectivity index (χ3v) is 2.92. The van der Waals surface area contributed by atoms with Crippen molar-refractivity contribution in [3.05, 3.63) is 11.9 Å². The van der Waals surface area contributed by atoms with E-state index >= 15 is 0 Å². The van der Waals surface area contributed by atoms with E-state index in [0.717, 1.165) is 0 Å². The average molecular weight is 270 g/mol. The second-order valence-electron chi connectivity index (χ2n) is 4.27. The number of carbonyl (C=O) groups is 2. The van der Waals surface area contributed by atoms with E-state index in [1.165, 1.54) is 18.0 Å². The van der Waals surface area contributed by atoms with Crippen molar-refractivity contribution in [1.82, 2.24) is 20.3 Å². The standard InChI is InChI=1S/C11H18N4O4/c1-4-11(2,19-3)10(18)12-5-8-6-15(14-13-8)7-9(16)17/h6H,4-5,7H2,1-3H3,(H,12,18)(H,16,17). The van der Waals surface area contributed by atoms with Gasteiger partial charge in [-0.25, -0.2) is 4.68 Å². The zero-order chi connectivity index (χ0) is 14.5. The fourth-order valence-corrected chi connectivity index (χ4v) is 1.39. The Morgan fingerprint density at radius 2 is 2.26 bits per heavy atom. The molecule has 8 nitrogen and oxygen atoms in total. The lowest BCUT2D eigenvalue weighted by molar-refractivity contribution is -0.142. The van der Waals surface area contributed by atoms with Gasteiger partial charge in [0.25, 0.3) is 5.91 Å². The Labute approximate surface area is 110 Å². The van der Waals surface area contributed by atoms with E-state index in [9.17, 15) is 9.59 Å². The third-order valence-electron chi connectivity index (χ3n) is 2.92. The predicted octanol–water partition coefficient (Wildman–Crippen LogP) is -0.206. The maximum atomic E-state index is 11.9. The van der Waals surface area contributed by atoms with E-state index in [-0.39, 0.29) is 19.0 Å². The highest BCUT2D eigenvalue weighted by atomic mass is 16.5. The van der Waals surface area contributed by atoms with Gasteiger partial charge in [-0.15, -0.1) is 5.10 Å². The lowest BCUT2D eigenvalue weighted by atomic mass is 10.0. The Kier molecular flexibility index (Phi) is 4.99. The van der Waals surface area contributed by atoms with Gasteiger partial charge in [0.2, 0.25) is 0 Å². The van der Waals surface area contributed by atoms with Crippen molar-refractivity contribution in [2.24, 2.45) is 0 Å². The van der Waals surface area contributed by atoms with Gasteiger partial charge in [0, 0.05) is 7.11 Å². The number of carboxylic acids is 1. The van der Waals surface area contributed by atoms with Crippen molar-refractivity contribution in [2.45, 2.75) is 39.0 Å². The van der Waals surface area contributed by atoms with Crippen molar-refractivity contribution in [3.63, 3.8) is 0 Å². The fraction of sp³-hybridized carbons (Fsp3) is 0.636. The highest BCUT2D eigenvalue weighted by Crippen LogP contribution is 2.13. The molecule has 19 heavy (non-hydrogen) atoms. The molecule has 0 saturated carbocycles. The molecule has 1 rings (SSSR count). The maximum absolute atomic E-state index is 11.9. The summed E-state index contributed by atoms with van der Waals surface area (Å²) in [5, 5.41) is 18.7. The van der Waals surface area contributed by atoms with Crippen LogP contribution >= 0.6 is 0 Å². The van der Waals surface area contributed by atoms with Crippen LogP contribution in [0.1, 0.15) is 26.0 Å². The van der Waals surface area contributed by atoms with E-state index in [1.807, 2.05) is 6.92 Å². The van der Waals surface area contributed by atoms with Crippen LogP contribution < -0.4 is 5.32 Å². The topological polar surface area (TPSA) is 106 Å². The second-order valence-corrected chi connectivity index (χ2v) is 4.27. The first-order chi connectivity index (χ1) is 8.91. The molecule has 0 fully saturated rings. The quantitative estimate of drug-likeness (QED) is 0.710. The number of carbonyl (C=O) groups excluding carboxylic acids is 1. The van der Waals surface area contributed by atoms with Gasteiger partial charge in [-0.1, -0.05) is 12.1 Å². The largest absolute Gasteiger partial charge is 0.480 e. The van der Waals surface area contributed by atoms with Crippen LogP contribution in [0.15, 0.2) is 6.20 Å². The number of hydrogen-bond donors (Lipinski definition) is 2. The van der Waals surface area contributed by atoms with Gasteiger partial charge >= 0.3 is 5.97 Å². The predicted molar refractivity (Wildman–Crippen MR) is 65.2 cm³/mol. The minimum absolute atomic E-state index is 0.178. The summed E-state index contributed by atoms with van der Waals surface area (Å²) in [6, 6.07) is 0. The average Bonchev–Trinajstić information content (AvgIpc) is 2.81. The first-order valence-electron chi connectivity index (χ1n) is 5.85. The Hall–Kier alpha value is -1.96. The van der Waals surface area contributed by atoms with E-state index in [0.29, 0.717) is 12.1 Å². The number of methoxy groups -OCH3 is 1. The molecule has 0 aromatic carbocycles. The molecule has 2 N–H and O–H groups in total. The number of rotatable bonds is 7. The van der Waals surface area contributed by atoms with Crippen LogP contribution in [0.3, 0.4) is 0 Å². The fourth-order valence-electron chi connectivity index (χ4n) is 1.39. The summed E-state index contributed by atoms with van der Waals surface area (Å²) >= 11 is 0. The van der Waals surface area contributed by atoms with Crippen molar-refractivity contribution in [3.8, 4) is 0 Å². The number of ether oxygens (including phenoxy) is 1. The molecular formula is C11H18N4O4. The van der Waals surface area contributed by atoms with E-state index in [1.54, 1.807) is 6.92 Å². The molecule has 1 amide bonds. The van der Waals surface area contributed by atoms with E-state index in [4.69, 9.17) is 9.84 Å². The molecule has 1 aromatic heterocycles. The molecule has 0 spiro atoms. The Morgan fingerprint density at radius 3 is 2.79 bits per heavy atom. The summed E-state index contributed by atoms with van der Waals surface area (Å²) in [5.74, 6) is -1.25. The molecule has 0 saturated heterocycles. The van der Waals surface area contributed by atoms with Crippen LogP contribution in [0.5, 0.6) is 0 Å². The minimum atomic E-state index is -1.00. The first-order valence-corrected chi connectivity index (χ1v) is 5.85. The minimum Gasteiger partial charge on any atom is -0.480 e. The number of amides is 1. The normalized spacial score (nSPS) is 13.8. The van der Waals surface area contributed by atoms with Gasteiger partial charge in [0.05, 0.1) is 12.7 Å². The van der Waals surface area contributed by atoms with Crippen LogP contribution in [0, 0.1) is 0 Å². The van der Waals surface area contributed by atoms with Gasteiger partial charge in [0.1, 0.15) is 17.8 Å². The van der Waals surface area contributed by atoms with Crippen LogP contribution in [0.4, 0.5) is 0 Å². The highest BCUT2D eigenvalue weighted by molar-refractivity contribution is 5.84. The molecule has 0 bridgehead atoms. The Bertz CT molecular complexity index is 453. The molecule has 0 radical (unpaired) electrons. The highest BCUT2D eigenvalue weighted by Gasteiger charge is 2.30.